The second kappa shape index (κ2) is 7.17. The number of rotatable bonds is 4. The SMILES string of the molecule is Nc1cccc(C(=O)Nc2ccc(C(=O)NC3CCCC3)cc2)c1. The molecule has 24 heavy (non-hydrogen) atoms. The van der Waals surface area contributed by atoms with Gasteiger partial charge in [-0.3, -0.25) is 9.59 Å². The predicted octanol–water partition coefficient (Wildman–Crippen LogP) is 3.19. The summed E-state index contributed by atoms with van der Waals surface area (Å²) < 4.78 is 0. The standard InChI is InChI=1S/C19H21N3O2/c20-15-5-3-4-14(12-15)19(24)22-17-10-8-13(9-11-17)18(23)21-16-6-1-2-7-16/h3-5,8-12,16H,1-2,6-7,20H2,(H,21,23)(H,22,24). The number of nitrogen functional groups attached to an aromatic ring is 1. The molecule has 1 saturated carbocycles. The second-order valence-electron chi connectivity index (χ2n) is 6.11. The lowest BCUT2D eigenvalue weighted by Crippen LogP contribution is -2.32. The molecule has 2 aromatic rings. The monoisotopic (exact) mass is 323 g/mol. The molecule has 0 aromatic heterocycles. The van der Waals surface area contributed by atoms with Gasteiger partial charge in [0.25, 0.3) is 11.8 Å². The van der Waals surface area contributed by atoms with Crippen LogP contribution >= 0.6 is 0 Å². The maximum Gasteiger partial charge on any atom is 0.255 e. The Kier molecular flexibility index (Phi) is 4.79. The van der Waals surface area contributed by atoms with Crippen LogP contribution in [0.1, 0.15) is 46.4 Å². The van der Waals surface area contributed by atoms with Crippen LogP contribution in [0.4, 0.5) is 11.4 Å². The zero-order valence-electron chi connectivity index (χ0n) is 13.4. The summed E-state index contributed by atoms with van der Waals surface area (Å²) in [5, 5.41) is 5.85. The molecule has 0 bridgehead atoms. The van der Waals surface area contributed by atoms with Crippen molar-refractivity contribution in [1.29, 1.82) is 0 Å². The first-order valence-electron chi connectivity index (χ1n) is 8.19. The number of anilines is 2. The molecular formula is C19H21N3O2. The van der Waals surface area contributed by atoms with Crippen LogP contribution in [0.2, 0.25) is 0 Å². The number of nitrogens with one attached hydrogen (secondary N) is 2. The summed E-state index contributed by atoms with van der Waals surface area (Å²) in [6, 6.07) is 14.0. The summed E-state index contributed by atoms with van der Waals surface area (Å²) in [6.45, 7) is 0. The number of nitrogens with two attached hydrogens (primary N) is 1. The Morgan fingerprint density at radius 2 is 1.62 bits per heavy atom. The van der Waals surface area contributed by atoms with Crippen LogP contribution in [0.25, 0.3) is 0 Å². The molecule has 4 N–H and O–H groups in total. The van der Waals surface area contributed by atoms with E-state index in [1.807, 2.05) is 0 Å². The Hall–Kier alpha value is -2.82. The first-order chi connectivity index (χ1) is 11.6. The molecule has 0 spiro atoms. The molecule has 0 heterocycles. The Bertz CT molecular complexity index is 735. The third-order valence-electron chi connectivity index (χ3n) is 4.24. The van der Waals surface area contributed by atoms with Gasteiger partial charge in [0.2, 0.25) is 0 Å². The smallest absolute Gasteiger partial charge is 0.255 e. The highest BCUT2D eigenvalue weighted by atomic mass is 16.2. The molecule has 0 radical (unpaired) electrons. The molecule has 0 atom stereocenters. The fraction of sp³-hybridized carbons (Fsp3) is 0.263. The lowest BCUT2D eigenvalue weighted by atomic mass is 10.1. The average molecular weight is 323 g/mol. The summed E-state index contributed by atoms with van der Waals surface area (Å²) in [6.07, 6.45) is 4.47. The van der Waals surface area contributed by atoms with E-state index in [1.165, 1.54) is 12.8 Å². The maximum absolute atomic E-state index is 12.2. The predicted molar refractivity (Wildman–Crippen MR) is 95.0 cm³/mol. The van der Waals surface area contributed by atoms with Crippen molar-refractivity contribution in [2.75, 3.05) is 11.1 Å². The Morgan fingerprint density at radius 3 is 2.29 bits per heavy atom. The van der Waals surface area contributed by atoms with E-state index in [0.717, 1.165) is 12.8 Å². The Morgan fingerprint density at radius 1 is 0.917 bits per heavy atom. The molecular weight excluding hydrogens is 302 g/mol. The number of benzene rings is 2. The summed E-state index contributed by atoms with van der Waals surface area (Å²) in [4.78, 5) is 24.4. The van der Waals surface area contributed by atoms with Crippen LogP contribution in [0.3, 0.4) is 0 Å². The number of carbonyl (C=O) groups is 2. The van der Waals surface area contributed by atoms with Gasteiger partial charge in [-0.2, -0.15) is 0 Å². The molecule has 124 valence electrons. The molecule has 0 aliphatic heterocycles. The molecule has 2 aromatic carbocycles. The van der Waals surface area contributed by atoms with Crippen LogP contribution in [0.5, 0.6) is 0 Å². The van der Waals surface area contributed by atoms with Crippen LogP contribution in [-0.4, -0.2) is 17.9 Å². The quantitative estimate of drug-likeness (QED) is 0.756. The normalized spacial score (nSPS) is 14.3. The third kappa shape index (κ3) is 3.93. The molecule has 0 saturated heterocycles. The van der Waals surface area contributed by atoms with Gasteiger partial charge < -0.3 is 16.4 Å². The summed E-state index contributed by atoms with van der Waals surface area (Å²) in [5.74, 6) is -0.291. The van der Waals surface area contributed by atoms with Gasteiger partial charge in [-0.15, -0.1) is 0 Å². The van der Waals surface area contributed by atoms with Gasteiger partial charge in [-0.1, -0.05) is 18.9 Å². The molecule has 1 aliphatic carbocycles. The van der Waals surface area contributed by atoms with Gasteiger partial charge in [0.15, 0.2) is 0 Å². The van der Waals surface area contributed by atoms with Crippen molar-refractivity contribution in [2.45, 2.75) is 31.7 Å². The van der Waals surface area contributed by atoms with E-state index in [-0.39, 0.29) is 11.8 Å². The Balaban J connectivity index is 1.61. The van der Waals surface area contributed by atoms with E-state index in [2.05, 4.69) is 10.6 Å². The fourth-order valence-corrected chi connectivity index (χ4v) is 2.93. The van der Waals surface area contributed by atoms with E-state index < -0.39 is 0 Å². The van der Waals surface area contributed by atoms with Gasteiger partial charge in [0.05, 0.1) is 0 Å². The largest absolute Gasteiger partial charge is 0.399 e. The van der Waals surface area contributed by atoms with Crippen LogP contribution < -0.4 is 16.4 Å². The lowest BCUT2D eigenvalue weighted by Gasteiger charge is -2.12. The van der Waals surface area contributed by atoms with E-state index in [4.69, 9.17) is 5.73 Å². The summed E-state index contributed by atoms with van der Waals surface area (Å²) in [5.41, 5.74) is 7.97. The second-order valence-corrected chi connectivity index (χ2v) is 6.11. The Labute approximate surface area is 141 Å². The summed E-state index contributed by atoms with van der Waals surface area (Å²) in [7, 11) is 0. The number of carbonyl (C=O) groups excluding carboxylic acids is 2. The molecule has 1 fully saturated rings. The van der Waals surface area contributed by atoms with Crippen molar-refractivity contribution in [3.8, 4) is 0 Å². The first-order valence-corrected chi connectivity index (χ1v) is 8.19. The van der Waals surface area contributed by atoms with Crippen molar-refractivity contribution in [3.05, 3.63) is 59.7 Å². The first kappa shape index (κ1) is 16.1. The lowest BCUT2D eigenvalue weighted by molar-refractivity contribution is 0.0937. The van der Waals surface area contributed by atoms with E-state index in [0.29, 0.717) is 28.5 Å². The maximum atomic E-state index is 12.2. The minimum Gasteiger partial charge on any atom is -0.399 e. The molecule has 0 unspecified atom stereocenters. The van der Waals surface area contributed by atoms with Gasteiger partial charge in [-0.25, -0.2) is 0 Å². The van der Waals surface area contributed by atoms with E-state index >= 15 is 0 Å². The van der Waals surface area contributed by atoms with Crippen molar-refractivity contribution in [2.24, 2.45) is 0 Å². The number of hydrogen-bond donors (Lipinski definition) is 3. The third-order valence-corrected chi connectivity index (χ3v) is 4.24. The van der Waals surface area contributed by atoms with Gasteiger partial charge >= 0.3 is 0 Å². The fourth-order valence-electron chi connectivity index (χ4n) is 2.93. The van der Waals surface area contributed by atoms with Crippen molar-refractivity contribution < 1.29 is 9.59 Å². The molecule has 5 heteroatoms. The van der Waals surface area contributed by atoms with Gasteiger partial charge in [0, 0.05) is 28.5 Å². The average Bonchev–Trinajstić information content (AvgIpc) is 3.08. The summed E-state index contributed by atoms with van der Waals surface area (Å²) >= 11 is 0. The molecule has 1 aliphatic rings. The number of amides is 2. The zero-order valence-corrected chi connectivity index (χ0v) is 13.4. The zero-order chi connectivity index (χ0) is 16.9. The molecule has 2 amide bonds. The minimum absolute atomic E-state index is 0.0596. The van der Waals surface area contributed by atoms with E-state index in [9.17, 15) is 9.59 Å². The van der Waals surface area contributed by atoms with Crippen LogP contribution in [0.15, 0.2) is 48.5 Å². The highest BCUT2D eigenvalue weighted by Gasteiger charge is 2.17. The molecule has 3 rings (SSSR count). The van der Waals surface area contributed by atoms with Crippen LogP contribution in [0, 0.1) is 0 Å². The highest BCUT2D eigenvalue weighted by Crippen LogP contribution is 2.18. The number of hydrogen-bond acceptors (Lipinski definition) is 3. The van der Waals surface area contributed by atoms with Crippen molar-refractivity contribution >= 4 is 23.2 Å². The van der Waals surface area contributed by atoms with Crippen molar-refractivity contribution in [3.63, 3.8) is 0 Å². The van der Waals surface area contributed by atoms with Gasteiger partial charge in [-0.05, 0) is 55.3 Å². The van der Waals surface area contributed by atoms with Crippen molar-refractivity contribution in [1.82, 2.24) is 5.32 Å². The topological polar surface area (TPSA) is 84.2 Å². The van der Waals surface area contributed by atoms with E-state index in [1.54, 1.807) is 48.5 Å². The highest BCUT2D eigenvalue weighted by molar-refractivity contribution is 6.05. The van der Waals surface area contributed by atoms with Crippen LogP contribution in [-0.2, 0) is 0 Å². The minimum atomic E-state index is -0.231. The molecule has 5 nitrogen and oxygen atoms in total. The van der Waals surface area contributed by atoms with Gasteiger partial charge in [0.1, 0.15) is 0 Å².